The largest absolute Gasteiger partial charge is 0.488 e. The highest BCUT2D eigenvalue weighted by molar-refractivity contribution is 9.10. The van der Waals surface area contributed by atoms with Crippen molar-refractivity contribution in [3.05, 3.63) is 129 Å². The number of amidine groups is 1. The molecular formula is C29H20BrFN2O2S. The summed E-state index contributed by atoms with van der Waals surface area (Å²) in [5, 5.41) is 0.599. The fourth-order valence-electron chi connectivity index (χ4n) is 3.58. The predicted octanol–water partition coefficient (Wildman–Crippen LogP) is 7.98. The first-order valence-electron chi connectivity index (χ1n) is 11.2. The molecule has 0 saturated carbocycles. The van der Waals surface area contributed by atoms with Gasteiger partial charge in [0.05, 0.1) is 20.8 Å². The van der Waals surface area contributed by atoms with E-state index in [2.05, 4.69) is 15.9 Å². The van der Waals surface area contributed by atoms with Crippen molar-refractivity contribution in [1.29, 1.82) is 0 Å². The Balaban J connectivity index is 1.39. The van der Waals surface area contributed by atoms with Crippen LogP contribution in [0.4, 0.5) is 15.8 Å². The van der Waals surface area contributed by atoms with Crippen LogP contribution in [0.15, 0.2) is 117 Å². The van der Waals surface area contributed by atoms with Crippen LogP contribution in [0.25, 0.3) is 6.08 Å². The molecular weight excluding hydrogens is 539 g/mol. The first kappa shape index (κ1) is 24.0. The van der Waals surface area contributed by atoms with Gasteiger partial charge in [-0.1, -0.05) is 54.6 Å². The van der Waals surface area contributed by atoms with E-state index in [1.165, 1.54) is 23.9 Å². The number of halogens is 2. The molecule has 4 aromatic carbocycles. The number of ether oxygens (including phenoxy) is 1. The second-order valence-electron chi connectivity index (χ2n) is 7.92. The lowest BCUT2D eigenvalue weighted by molar-refractivity contribution is -0.113. The molecule has 0 unspecified atom stereocenters. The fraction of sp³-hybridized carbons (Fsp3) is 0.0345. The molecule has 0 atom stereocenters. The second kappa shape index (κ2) is 10.9. The standard InChI is InChI=1S/C29H20BrFN2O2S/c30-25-17-21(13-16-26(25)35-19-20-11-14-22(31)15-12-20)18-27-28(34)33(24-9-5-2-6-10-24)29(36-27)32-23-7-3-1-4-8-23/h1-18H,19H2/b27-18+,32-29?. The number of aliphatic imine (C=N–C) groups is 1. The van der Waals surface area contributed by atoms with E-state index in [0.717, 1.165) is 27.0 Å². The van der Waals surface area contributed by atoms with Gasteiger partial charge in [-0.25, -0.2) is 9.38 Å². The normalized spacial score (nSPS) is 15.6. The topological polar surface area (TPSA) is 41.9 Å². The van der Waals surface area contributed by atoms with Crippen molar-refractivity contribution in [2.45, 2.75) is 6.61 Å². The van der Waals surface area contributed by atoms with Gasteiger partial charge in [0.1, 0.15) is 18.2 Å². The van der Waals surface area contributed by atoms with Gasteiger partial charge in [0.25, 0.3) is 5.91 Å². The lowest BCUT2D eigenvalue weighted by Gasteiger charge is -2.15. The van der Waals surface area contributed by atoms with Crippen molar-refractivity contribution in [3.63, 3.8) is 0 Å². The van der Waals surface area contributed by atoms with Crippen molar-refractivity contribution in [3.8, 4) is 5.75 Å². The highest BCUT2D eigenvalue weighted by Crippen LogP contribution is 2.38. The van der Waals surface area contributed by atoms with E-state index in [9.17, 15) is 9.18 Å². The van der Waals surface area contributed by atoms with Crippen LogP contribution in [0.5, 0.6) is 5.75 Å². The maximum absolute atomic E-state index is 13.4. The second-order valence-corrected chi connectivity index (χ2v) is 9.79. The molecule has 36 heavy (non-hydrogen) atoms. The van der Waals surface area contributed by atoms with E-state index in [1.54, 1.807) is 17.0 Å². The molecule has 1 heterocycles. The third-order valence-electron chi connectivity index (χ3n) is 5.36. The lowest BCUT2D eigenvalue weighted by Crippen LogP contribution is -2.28. The zero-order valence-corrected chi connectivity index (χ0v) is 21.4. The van der Waals surface area contributed by atoms with E-state index >= 15 is 0 Å². The minimum absolute atomic E-state index is 0.131. The first-order chi connectivity index (χ1) is 17.6. The van der Waals surface area contributed by atoms with Gasteiger partial charge in [-0.3, -0.25) is 9.69 Å². The van der Waals surface area contributed by atoms with E-state index in [1.807, 2.05) is 84.9 Å². The molecule has 4 aromatic rings. The molecule has 0 aromatic heterocycles. The van der Waals surface area contributed by atoms with Gasteiger partial charge >= 0.3 is 0 Å². The average molecular weight is 559 g/mol. The molecule has 0 aliphatic carbocycles. The van der Waals surface area contributed by atoms with Gasteiger partial charge in [-0.15, -0.1) is 0 Å². The Morgan fingerprint density at radius 2 is 1.61 bits per heavy atom. The van der Waals surface area contributed by atoms with Gasteiger partial charge < -0.3 is 4.74 Å². The number of rotatable bonds is 6. The van der Waals surface area contributed by atoms with Gasteiger partial charge in [0.15, 0.2) is 5.17 Å². The number of amides is 1. The van der Waals surface area contributed by atoms with Crippen LogP contribution >= 0.6 is 27.7 Å². The Hall–Kier alpha value is -3.68. The monoisotopic (exact) mass is 558 g/mol. The molecule has 1 amide bonds. The summed E-state index contributed by atoms with van der Waals surface area (Å²) in [5.41, 5.74) is 3.26. The summed E-state index contributed by atoms with van der Waals surface area (Å²) in [6.45, 7) is 0.318. The zero-order chi connectivity index (χ0) is 24.9. The molecule has 0 radical (unpaired) electrons. The van der Waals surface area contributed by atoms with Crippen LogP contribution < -0.4 is 9.64 Å². The Labute approximate surface area is 221 Å². The summed E-state index contributed by atoms with van der Waals surface area (Å²) in [6, 6.07) is 30.9. The number of benzene rings is 4. The van der Waals surface area contributed by atoms with Crippen LogP contribution in [0.3, 0.4) is 0 Å². The molecule has 0 N–H and O–H groups in total. The molecule has 4 nitrogen and oxygen atoms in total. The number of hydrogen-bond acceptors (Lipinski definition) is 4. The number of para-hydroxylation sites is 2. The number of carbonyl (C=O) groups excluding carboxylic acids is 1. The van der Waals surface area contributed by atoms with Crippen LogP contribution in [0.2, 0.25) is 0 Å². The van der Waals surface area contributed by atoms with Gasteiger partial charge in [0, 0.05) is 0 Å². The molecule has 7 heteroatoms. The van der Waals surface area contributed by atoms with Crippen LogP contribution in [0, 0.1) is 5.82 Å². The lowest BCUT2D eigenvalue weighted by atomic mass is 10.2. The zero-order valence-electron chi connectivity index (χ0n) is 19.0. The predicted molar refractivity (Wildman–Crippen MR) is 148 cm³/mol. The summed E-state index contributed by atoms with van der Waals surface area (Å²) in [5.74, 6) is 0.247. The quantitative estimate of drug-likeness (QED) is 0.225. The highest BCUT2D eigenvalue weighted by atomic mass is 79.9. The SMILES string of the molecule is O=C1/C(=C\c2ccc(OCc3ccc(F)cc3)c(Br)c2)SC(=Nc2ccccc2)N1c1ccccc1. The molecule has 1 saturated heterocycles. The number of thioether (sulfide) groups is 1. The summed E-state index contributed by atoms with van der Waals surface area (Å²) >= 11 is 4.90. The smallest absolute Gasteiger partial charge is 0.271 e. The fourth-order valence-corrected chi connectivity index (χ4v) is 5.10. The van der Waals surface area contributed by atoms with Crippen molar-refractivity contribution in [2.24, 2.45) is 4.99 Å². The summed E-state index contributed by atoms with van der Waals surface area (Å²) < 4.78 is 19.8. The minimum Gasteiger partial charge on any atom is -0.488 e. The molecule has 0 bridgehead atoms. The molecule has 1 fully saturated rings. The van der Waals surface area contributed by atoms with E-state index in [0.29, 0.717) is 22.4 Å². The Kier molecular flexibility index (Phi) is 7.30. The molecule has 1 aliphatic heterocycles. The molecule has 1 aliphatic rings. The van der Waals surface area contributed by atoms with Crippen LogP contribution in [-0.2, 0) is 11.4 Å². The van der Waals surface area contributed by atoms with Gasteiger partial charge in [0.2, 0.25) is 0 Å². The molecule has 0 spiro atoms. The van der Waals surface area contributed by atoms with Crippen molar-refractivity contribution in [1.82, 2.24) is 0 Å². The number of hydrogen-bond donors (Lipinski definition) is 0. The maximum Gasteiger partial charge on any atom is 0.271 e. The molecule has 178 valence electrons. The average Bonchev–Trinajstić information content (AvgIpc) is 3.19. The van der Waals surface area contributed by atoms with Crippen LogP contribution in [-0.4, -0.2) is 11.1 Å². The van der Waals surface area contributed by atoms with E-state index in [4.69, 9.17) is 9.73 Å². The number of anilines is 1. The summed E-state index contributed by atoms with van der Waals surface area (Å²) in [6.07, 6.45) is 1.85. The van der Waals surface area contributed by atoms with Crippen molar-refractivity contribution in [2.75, 3.05) is 4.90 Å². The third-order valence-corrected chi connectivity index (χ3v) is 6.95. The Morgan fingerprint density at radius 1 is 0.917 bits per heavy atom. The van der Waals surface area contributed by atoms with Crippen molar-refractivity contribution >= 4 is 56.2 Å². The summed E-state index contributed by atoms with van der Waals surface area (Å²) in [7, 11) is 0. The summed E-state index contributed by atoms with van der Waals surface area (Å²) in [4.78, 5) is 20.4. The Morgan fingerprint density at radius 3 is 2.31 bits per heavy atom. The van der Waals surface area contributed by atoms with E-state index < -0.39 is 0 Å². The van der Waals surface area contributed by atoms with Crippen LogP contribution in [0.1, 0.15) is 11.1 Å². The van der Waals surface area contributed by atoms with Crippen molar-refractivity contribution < 1.29 is 13.9 Å². The maximum atomic E-state index is 13.4. The Bertz CT molecular complexity index is 1440. The number of carbonyl (C=O) groups is 1. The number of nitrogens with zero attached hydrogens (tertiary/aromatic N) is 2. The first-order valence-corrected chi connectivity index (χ1v) is 12.8. The van der Waals surface area contributed by atoms with Gasteiger partial charge in [-0.2, -0.15) is 0 Å². The minimum atomic E-state index is -0.278. The third kappa shape index (κ3) is 5.58. The highest BCUT2D eigenvalue weighted by Gasteiger charge is 2.34. The van der Waals surface area contributed by atoms with E-state index in [-0.39, 0.29) is 11.7 Å². The van der Waals surface area contributed by atoms with Gasteiger partial charge in [-0.05, 0) is 93.4 Å². The molecule has 5 rings (SSSR count).